The number of benzene rings is 1. The molecule has 2 aliphatic rings. The summed E-state index contributed by atoms with van der Waals surface area (Å²) in [6.45, 7) is 5.20. The van der Waals surface area contributed by atoms with Crippen molar-refractivity contribution in [2.24, 2.45) is 0 Å². The van der Waals surface area contributed by atoms with Crippen molar-refractivity contribution < 1.29 is 5.11 Å². The van der Waals surface area contributed by atoms with Crippen LogP contribution in [0.2, 0.25) is 10.0 Å². The number of nitrogens with zero attached hydrogens (tertiary/aromatic N) is 2. The fraction of sp³-hybridized carbons (Fsp3) is 0.600. The molecule has 0 aromatic heterocycles. The Kier molecular flexibility index (Phi) is 4.41. The summed E-state index contributed by atoms with van der Waals surface area (Å²) in [7, 11) is 0. The van der Waals surface area contributed by atoms with E-state index in [1.807, 2.05) is 6.07 Å². The lowest BCUT2D eigenvalue weighted by Gasteiger charge is -2.44. The van der Waals surface area contributed by atoms with Gasteiger partial charge in [0.25, 0.3) is 0 Å². The molecule has 2 saturated heterocycles. The van der Waals surface area contributed by atoms with Crippen LogP contribution in [0, 0.1) is 0 Å². The van der Waals surface area contributed by atoms with Crippen molar-refractivity contribution in [2.75, 3.05) is 26.2 Å². The Bertz CT molecular complexity index is 495. The molecule has 0 aliphatic carbocycles. The fourth-order valence-corrected chi connectivity index (χ4v) is 3.88. The van der Waals surface area contributed by atoms with E-state index in [0.717, 1.165) is 31.7 Å². The highest BCUT2D eigenvalue weighted by Gasteiger charge is 2.29. The first-order valence-corrected chi connectivity index (χ1v) is 8.02. The zero-order chi connectivity index (χ0) is 14.1. The highest BCUT2D eigenvalue weighted by atomic mass is 35.5. The Balaban J connectivity index is 1.69. The molecular formula is C15H20Cl2N2O. The lowest BCUT2D eigenvalue weighted by molar-refractivity contribution is 0.0453. The summed E-state index contributed by atoms with van der Waals surface area (Å²) in [5.41, 5.74) is 0.826. The molecule has 1 aromatic rings. The highest BCUT2D eigenvalue weighted by Crippen LogP contribution is 2.32. The van der Waals surface area contributed by atoms with Crippen LogP contribution in [0.5, 0.6) is 5.75 Å². The normalized spacial score (nSPS) is 24.6. The molecule has 110 valence electrons. The van der Waals surface area contributed by atoms with Crippen molar-refractivity contribution in [3.8, 4) is 5.75 Å². The first-order chi connectivity index (χ1) is 9.63. The Morgan fingerprint density at radius 2 is 2.00 bits per heavy atom. The van der Waals surface area contributed by atoms with Gasteiger partial charge >= 0.3 is 0 Å². The molecular weight excluding hydrogens is 295 g/mol. The number of rotatable bonds is 2. The second-order valence-electron chi connectivity index (χ2n) is 5.82. The van der Waals surface area contributed by atoms with Crippen LogP contribution in [-0.2, 0) is 6.54 Å². The largest absolute Gasteiger partial charge is 0.506 e. The molecule has 1 atom stereocenters. The maximum absolute atomic E-state index is 10.1. The van der Waals surface area contributed by atoms with Crippen LogP contribution in [0.25, 0.3) is 0 Å². The molecule has 5 heteroatoms. The van der Waals surface area contributed by atoms with E-state index in [2.05, 4.69) is 9.80 Å². The van der Waals surface area contributed by atoms with E-state index in [1.165, 1.54) is 25.8 Å². The third-order valence-electron chi connectivity index (χ3n) is 4.42. The van der Waals surface area contributed by atoms with Gasteiger partial charge in [-0.2, -0.15) is 0 Å². The third kappa shape index (κ3) is 3.06. The van der Waals surface area contributed by atoms with Crippen molar-refractivity contribution in [1.29, 1.82) is 0 Å². The van der Waals surface area contributed by atoms with Gasteiger partial charge in [-0.3, -0.25) is 9.80 Å². The van der Waals surface area contributed by atoms with Crippen molar-refractivity contribution in [3.05, 3.63) is 27.7 Å². The number of hydrogen-bond donors (Lipinski definition) is 1. The smallest absolute Gasteiger partial charge is 0.138 e. The number of aromatic hydroxyl groups is 1. The van der Waals surface area contributed by atoms with E-state index < -0.39 is 0 Å². The number of phenols is 1. The van der Waals surface area contributed by atoms with E-state index in [1.54, 1.807) is 6.07 Å². The van der Waals surface area contributed by atoms with Crippen LogP contribution in [-0.4, -0.2) is 47.1 Å². The second kappa shape index (κ2) is 6.10. The minimum atomic E-state index is 0.169. The van der Waals surface area contributed by atoms with E-state index >= 15 is 0 Å². The molecule has 0 bridgehead atoms. The molecule has 20 heavy (non-hydrogen) atoms. The lowest BCUT2D eigenvalue weighted by atomic mass is 9.99. The second-order valence-corrected chi connectivity index (χ2v) is 6.66. The van der Waals surface area contributed by atoms with Crippen LogP contribution < -0.4 is 0 Å². The minimum Gasteiger partial charge on any atom is -0.506 e. The average Bonchev–Trinajstić information content (AvgIpc) is 2.44. The monoisotopic (exact) mass is 314 g/mol. The molecule has 2 heterocycles. The summed E-state index contributed by atoms with van der Waals surface area (Å²) in [6.07, 6.45) is 3.96. The molecule has 1 aromatic carbocycles. The standard InChI is InChI=1S/C15H20Cl2N2O/c16-12-7-11(15(20)14(17)8-12)9-18-5-6-19-4-2-1-3-13(19)10-18/h7-8,13,20H,1-6,9-10H2. The van der Waals surface area contributed by atoms with E-state index in [0.29, 0.717) is 16.1 Å². The number of piperazine rings is 1. The summed E-state index contributed by atoms with van der Waals surface area (Å²) in [5, 5.41) is 11.0. The third-order valence-corrected chi connectivity index (χ3v) is 4.93. The summed E-state index contributed by atoms with van der Waals surface area (Å²) < 4.78 is 0. The summed E-state index contributed by atoms with van der Waals surface area (Å²) in [6, 6.07) is 4.08. The topological polar surface area (TPSA) is 26.7 Å². The Hall–Kier alpha value is -0.480. The first-order valence-electron chi connectivity index (χ1n) is 7.27. The molecule has 2 fully saturated rings. The quantitative estimate of drug-likeness (QED) is 0.906. The average molecular weight is 315 g/mol. The molecule has 3 rings (SSSR count). The predicted octanol–water partition coefficient (Wildman–Crippen LogP) is 3.37. The number of halogens is 2. The van der Waals surface area contributed by atoms with E-state index in [-0.39, 0.29) is 5.75 Å². The number of piperidine rings is 1. The molecule has 0 spiro atoms. The van der Waals surface area contributed by atoms with Gasteiger partial charge in [0, 0.05) is 42.8 Å². The predicted molar refractivity (Wildman–Crippen MR) is 82.6 cm³/mol. The zero-order valence-electron chi connectivity index (χ0n) is 11.5. The summed E-state index contributed by atoms with van der Waals surface area (Å²) in [4.78, 5) is 5.00. The first kappa shape index (κ1) is 14.5. The summed E-state index contributed by atoms with van der Waals surface area (Å²) in [5.74, 6) is 0.169. The van der Waals surface area contributed by atoms with E-state index in [9.17, 15) is 5.11 Å². The molecule has 1 unspecified atom stereocenters. The maximum atomic E-state index is 10.1. The van der Waals surface area contributed by atoms with Gasteiger partial charge in [-0.1, -0.05) is 29.6 Å². The molecule has 3 nitrogen and oxygen atoms in total. The highest BCUT2D eigenvalue weighted by molar-refractivity contribution is 6.35. The van der Waals surface area contributed by atoms with Gasteiger partial charge in [0.2, 0.25) is 0 Å². The van der Waals surface area contributed by atoms with Gasteiger partial charge in [-0.15, -0.1) is 0 Å². The van der Waals surface area contributed by atoms with Crippen LogP contribution in [0.1, 0.15) is 24.8 Å². The molecule has 2 aliphatic heterocycles. The Morgan fingerprint density at radius 1 is 1.15 bits per heavy atom. The Labute approximate surface area is 130 Å². The van der Waals surface area contributed by atoms with Crippen molar-refractivity contribution in [3.63, 3.8) is 0 Å². The molecule has 0 amide bonds. The number of hydrogen-bond acceptors (Lipinski definition) is 3. The van der Waals surface area contributed by atoms with Crippen LogP contribution in [0.3, 0.4) is 0 Å². The molecule has 0 radical (unpaired) electrons. The number of phenolic OH excluding ortho intramolecular Hbond substituents is 1. The van der Waals surface area contributed by atoms with E-state index in [4.69, 9.17) is 23.2 Å². The van der Waals surface area contributed by atoms with Gasteiger partial charge in [0.15, 0.2) is 0 Å². The van der Waals surface area contributed by atoms with Crippen LogP contribution >= 0.6 is 23.2 Å². The number of fused-ring (bicyclic) bond motifs is 1. The maximum Gasteiger partial charge on any atom is 0.138 e. The van der Waals surface area contributed by atoms with Crippen molar-refractivity contribution >= 4 is 23.2 Å². The van der Waals surface area contributed by atoms with Gasteiger partial charge < -0.3 is 5.11 Å². The molecule has 0 saturated carbocycles. The van der Waals surface area contributed by atoms with Crippen molar-refractivity contribution in [2.45, 2.75) is 31.8 Å². The van der Waals surface area contributed by atoms with Gasteiger partial charge in [0.1, 0.15) is 5.75 Å². The van der Waals surface area contributed by atoms with Gasteiger partial charge in [-0.05, 0) is 31.5 Å². The minimum absolute atomic E-state index is 0.169. The van der Waals surface area contributed by atoms with Crippen molar-refractivity contribution in [1.82, 2.24) is 9.80 Å². The lowest BCUT2D eigenvalue weighted by Crippen LogP contribution is -2.54. The SMILES string of the molecule is Oc1c(Cl)cc(Cl)cc1CN1CCN2CCCCC2C1. The Morgan fingerprint density at radius 3 is 2.85 bits per heavy atom. The van der Waals surface area contributed by atoms with Crippen LogP contribution in [0.4, 0.5) is 0 Å². The van der Waals surface area contributed by atoms with Gasteiger partial charge in [-0.25, -0.2) is 0 Å². The molecule has 1 N–H and O–H groups in total. The van der Waals surface area contributed by atoms with Gasteiger partial charge in [0.05, 0.1) is 5.02 Å². The summed E-state index contributed by atoms with van der Waals surface area (Å²) >= 11 is 12.0. The fourth-order valence-electron chi connectivity index (χ4n) is 3.34. The zero-order valence-corrected chi connectivity index (χ0v) is 13.0. The van der Waals surface area contributed by atoms with Crippen LogP contribution in [0.15, 0.2) is 12.1 Å².